The number of nitrogens with zero attached hydrogens (tertiary/aromatic N) is 5. The lowest BCUT2D eigenvalue weighted by Gasteiger charge is -2.38. The molecule has 3 aromatic heterocycles. The molecule has 1 N–H and O–H groups in total. The number of sulfone groups is 1. The maximum absolute atomic E-state index is 13.9. The molecule has 88 heavy (non-hydrogen) atoms. The summed E-state index contributed by atoms with van der Waals surface area (Å²) >= 11 is 0. The Morgan fingerprint density at radius 3 is 1.74 bits per heavy atom. The van der Waals surface area contributed by atoms with Gasteiger partial charge >= 0.3 is 6.09 Å². The Morgan fingerprint density at radius 1 is 0.648 bits per heavy atom. The molecular weight excluding hydrogens is 1140 g/mol. The first-order chi connectivity index (χ1) is 42.6. The average molecular weight is 1210 g/mol. The largest absolute Gasteiger partial charge is 0.496 e. The zero-order chi connectivity index (χ0) is 61.8. The molecule has 1 amide bonds. The van der Waals surface area contributed by atoms with Crippen LogP contribution in [0.15, 0.2) is 184 Å². The van der Waals surface area contributed by atoms with E-state index in [2.05, 4.69) is 63.3 Å². The molecule has 12 rings (SSSR count). The van der Waals surface area contributed by atoms with E-state index >= 15 is 0 Å². The smallest absolute Gasteiger partial charge is 0.410 e. The van der Waals surface area contributed by atoms with Gasteiger partial charge in [-0.15, -0.1) is 0 Å². The van der Waals surface area contributed by atoms with Crippen LogP contribution in [0, 0.1) is 0 Å². The van der Waals surface area contributed by atoms with Crippen molar-refractivity contribution < 1.29 is 60.0 Å². The number of furan rings is 2. The standard InChI is InChI=1S/C30H33N5O6S.C28H27NO4.C10H8O3/c1-30(2,3)41-29(36)34-16-15-22-17-27(40-19-21-11-7-5-8-12-21)26(39-4)18-24(22)25(34)20-42(37,38)28-31-32-33-35(28)23-13-9-6-10-14-23;1-30-25-17-26-22(11-13-32-26)14-21(25)8-9-24-23-16-27(31-2)28(15-20(23)10-12-29-24)33-18-19-6-4-3-5-7-19;1-12-9-5-10-7(2-3-13-10)4-8(9)6-11/h5-14,17-18,25H,15-16,19-20H2,1-4H3;3-9,11,13-17,24,29H,10,12,18H2,1-2H3;2-6H,1H3/b;9-8+;. The predicted molar refractivity (Wildman–Crippen MR) is 333 cm³/mol. The van der Waals surface area contributed by atoms with Gasteiger partial charge in [0.15, 0.2) is 29.3 Å². The van der Waals surface area contributed by atoms with Gasteiger partial charge in [0.2, 0.25) is 9.84 Å². The maximum Gasteiger partial charge on any atom is 0.410 e. The van der Waals surface area contributed by atoms with Gasteiger partial charge < -0.3 is 47.3 Å². The van der Waals surface area contributed by atoms with E-state index in [1.807, 2.05) is 78.9 Å². The molecule has 2 unspecified atom stereocenters. The van der Waals surface area contributed by atoms with E-state index in [0.717, 1.165) is 80.7 Å². The van der Waals surface area contributed by atoms with Crippen LogP contribution in [0.4, 0.5) is 4.79 Å². The van der Waals surface area contributed by atoms with Crippen LogP contribution >= 0.6 is 0 Å². The fraction of sp³-hybridized carbons (Fsp3) is 0.250. The molecule has 19 nitrogen and oxygen atoms in total. The SMILES string of the molecule is COc1cc2c(cc1OCc1ccccc1)CCN(C(=O)OC(C)(C)C)C2CS(=O)(=O)c1nnnn1-c1ccccc1.COc1cc2occc2cc1/C=C/C1NCCc2cc(OCc3ccccc3)c(OC)cc21.COc1cc2occc2cc1C=O. The molecule has 0 saturated heterocycles. The number of carbonyl (C=O) groups is 2. The van der Waals surface area contributed by atoms with Crippen LogP contribution in [0.5, 0.6) is 34.5 Å². The molecule has 0 fully saturated rings. The monoisotopic (exact) mass is 1210 g/mol. The topological polar surface area (TPSA) is 218 Å². The van der Waals surface area contributed by atoms with Gasteiger partial charge in [-0.1, -0.05) is 96.1 Å². The number of para-hydroxylation sites is 1. The second kappa shape index (κ2) is 27.6. The average Bonchev–Trinajstić information content (AvgIpc) is 1.22. The van der Waals surface area contributed by atoms with Gasteiger partial charge in [0, 0.05) is 41.6 Å². The Kier molecular flexibility index (Phi) is 19.2. The van der Waals surface area contributed by atoms with Crippen molar-refractivity contribution in [3.63, 3.8) is 0 Å². The highest BCUT2D eigenvalue weighted by Crippen LogP contribution is 2.41. The molecule has 0 radical (unpaired) electrons. The summed E-state index contributed by atoms with van der Waals surface area (Å²) in [5.41, 5.74) is 8.87. The van der Waals surface area contributed by atoms with Crippen molar-refractivity contribution in [1.29, 1.82) is 0 Å². The molecular formula is C68H68N6O13S. The molecule has 0 aliphatic carbocycles. The van der Waals surface area contributed by atoms with Crippen molar-refractivity contribution in [2.24, 2.45) is 0 Å². The van der Waals surface area contributed by atoms with E-state index in [1.54, 1.807) is 90.0 Å². The van der Waals surface area contributed by atoms with Crippen LogP contribution in [0.2, 0.25) is 0 Å². The van der Waals surface area contributed by atoms with Crippen LogP contribution in [0.25, 0.3) is 33.7 Å². The first-order valence-electron chi connectivity index (χ1n) is 28.4. The van der Waals surface area contributed by atoms with Crippen LogP contribution in [0.3, 0.4) is 0 Å². The number of ether oxygens (including phenoxy) is 7. The molecule has 2 aliphatic rings. The molecule has 10 aromatic rings. The van der Waals surface area contributed by atoms with Gasteiger partial charge in [0.1, 0.15) is 41.5 Å². The first-order valence-corrected chi connectivity index (χ1v) is 30.1. The number of hydrogen-bond acceptors (Lipinski definition) is 17. The second-order valence-corrected chi connectivity index (χ2v) is 23.6. The molecule has 0 saturated carbocycles. The maximum atomic E-state index is 13.9. The van der Waals surface area contributed by atoms with Gasteiger partial charge in [-0.05, 0) is 138 Å². The van der Waals surface area contributed by atoms with Crippen LogP contribution < -0.4 is 33.7 Å². The molecule has 2 aliphatic heterocycles. The molecule has 0 bridgehead atoms. The Hall–Kier alpha value is -9.92. The van der Waals surface area contributed by atoms with Gasteiger partial charge in [-0.2, -0.15) is 4.68 Å². The number of rotatable bonds is 17. The number of nitrogens with one attached hydrogen (secondary N) is 1. The predicted octanol–water partition coefficient (Wildman–Crippen LogP) is 12.7. The third-order valence-corrected chi connectivity index (χ3v) is 16.3. The minimum atomic E-state index is -4.12. The van der Waals surface area contributed by atoms with Crippen molar-refractivity contribution in [1.82, 2.24) is 30.4 Å². The van der Waals surface area contributed by atoms with E-state index in [-0.39, 0.29) is 17.7 Å². The second-order valence-electron chi connectivity index (χ2n) is 21.6. The molecule has 7 aromatic carbocycles. The minimum Gasteiger partial charge on any atom is -0.496 e. The van der Waals surface area contributed by atoms with E-state index in [4.69, 9.17) is 42.0 Å². The Morgan fingerprint density at radius 2 is 1.18 bits per heavy atom. The normalized spacial score (nSPS) is 14.6. The summed E-state index contributed by atoms with van der Waals surface area (Å²) < 4.78 is 79.5. The van der Waals surface area contributed by atoms with Crippen LogP contribution in [-0.2, 0) is 40.6 Å². The number of aldehydes is 1. The zero-order valence-electron chi connectivity index (χ0n) is 49.9. The van der Waals surface area contributed by atoms with Gasteiger partial charge in [0.25, 0.3) is 5.16 Å². The summed E-state index contributed by atoms with van der Waals surface area (Å²) in [6, 6.07) is 46.9. The van der Waals surface area contributed by atoms with Crippen molar-refractivity contribution >= 4 is 50.2 Å². The van der Waals surface area contributed by atoms with E-state index < -0.39 is 33.3 Å². The third-order valence-electron chi connectivity index (χ3n) is 14.7. The quantitative estimate of drug-likeness (QED) is 0.0838. The molecule has 454 valence electrons. The molecule has 5 heterocycles. The molecule has 20 heteroatoms. The number of benzene rings is 7. The summed E-state index contributed by atoms with van der Waals surface area (Å²) in [5.74, 6) is 3.32. The fourth-order valence-corrected chi connectivity index (χ4v) is 11.9. The summed E-state index contributed by atoms with van der Waals surface area (Å²) in [7, 11) is 2.29. The third kappa shape index (κ3) is 14.5. The zero-order valence-corrected chi connectivity index (χ0v) is 50.7. The number of carbonyl (C=O) groups excluding carboxylic acids is 2. The number of amides is 1. The summed E-state index contributed by atoms with van der Waals surface area (Å²) in [5, 5.41) is 16.6. The van der Waals surface area contributed by atoms with Crippen molar-refractivity contribution in [2.75, 3.05) is 47.3 Å². The Balaban J connectivity index is 0.000000164. The first kappa shape index (κ1) is 61.2. The lowest BCUT2D eigenvalue weighted by atomic mass is 9.93. The number of hydrogen-bond donors (Lipinski definition) is 1. The van der Waals surface area contributed by atoms with Crippen molar-refractivity contribution in [3.8, 4) is 40.2 Å². The van der Waals surface area contributed by atoms with Crippen molar-refractivity contribution in [2.45, 2.75) is 69.7 Å². The highest BCUT2D eigenvalue weighted by Gasteiger charge is 2.40. The summed E-state index contributed by atoms with van der Waals surface area (Å²) in [4.78, 5) is 25.5. The van der Waals surface area contributed by atoms with Crippen LogP contribution in [0.1, 0.15) is 82.2 Å². The highest BCUT2D eigenvalue weighted by atomic mass is 32.2. The summed E-state index contributed by atoms with van der Waals surface area (Å²) in [6.45, 7) is 7.28. The summed E-state index contributed by atoms with van der Waals surface area (Å²) in [6.07, 6.45) is 9.12. The number of tetrazole rings is 1. The van der Waals surface area contributed by atoms with Crippen LogP contribution in [-0.4, -0.2) is 98.8 Å². The molecule has 0 spiro atoms. The minimum absolute atomic E-state index is 0.0653. The van der Waals surface area contributed by atoms with E-state index in [9.17, 15) is 18.0 Å². The lowest BCUT2D eigenvalue weighted by Crippen LogP contribution is -2.45. The number of aromatic nitrogens is 4. The number of methoxy groups -OCH3 is 4. The van der Waals surface area contributed by atoms with Gasteiger partial charge in [-0.25, -0.2) is 13.2 Å². The van der Waals surface area contributed by atoms with E-state index in [0.29, 0.717) is 53.7 Å². The Labute approximate surface area is 510 Å². The molecule has 2 atom stereocenters. The fourth-order valence-electron chi connectivity index (χ4n) is 10.4. The van der Waals surface area contributed by atoms with Gasteiger partial charge in [-0.3, -0.25) is 9.69 Å². The van der Waals surface area contributed by atoms with Gasteiger partial charge in [0.05, 0.1) is 70.1 Å². The van der Waals surface area contributed by atoms with E-state index in [1.165, 1.54) is 34.9 Å². The van der Waals surface area contributed by atoms with Crippen molar-refractivity contribution in [3.05, 3.63) is 215 Å². The lowest BCUT2D eigenvalue weighted by molar-refractivity contribution is 0.0162. The number of fused-ring (bicyclic) bond motifs is 4. The highest BCUT2D eigenvalue weighted by molar-refractivity contribution is 7.91. The Bertz CT molecular complexity index is 4160.